The van der Waals surface area contributed by atoms with Gasteiger partial charge in [0.2, 0.25) is 5.91 Å². The van der Waals surface area contributed by atoms with E-state index in [1.807, 2.05) is 34.6 Å². The van der Waals surface area contributed by atoms with Gasteiger partial charge in [0.1, 0.15) is 11.1 Å². The molecule has 34 heavy (non-hydrogen) atoms. The lowest BCUT2D eigenvalue weighted by molar-refractivity contribution is -0.122. The van der Waals surface area contributed by atoms with Crippen molar-refractivity contribution in [3.63, 3.8) is 0 Å². The zero-order valence-corrected chi connectivity index (χ0v) is 21.1. The van der Waals surface area contributed by atoms with E-state index in [2.05, 4.69) is 10.3 Å². The molecule has 0 radical (unpaired) electrons. The third kappa shape index (κ3) is 3.72. The molecule has 2 amide bonds. The van der Waals surface area contributed by atoms with Crippen LogP contribution in [0, 0.1) is 23.6 Å². The predicted octanol–water partition coefficient (Wildman–Crippen LogP) is 4.23. The van der Waals surface area contributed by atoms with E-state index >= 15 is 4.39 Å². The first-order valence-electron chi connectivity index (χ1n) is 11.9. The van der Waals surface area contributed by atoms with Crippen LogP contribution in [0.2, 0.25) is 5.15 Å². The molecule has 2 aliphatic carbocycles. The van der Waals surface area contributed by atoms with Gasteiger partial charge >= 0.3 is 6.09 Å². The van der Waals surface area contributed by atoms with E-state index in [0.717, 1.165) is 5.69 Å². The SMILES string of the molecule is CNC(=O)C1CC1n1nc(C2C3CN(C(=O)OC(C)(C)C)CC32)c2c(C(C)C)nc(Cl)c(F)c21. The predicted molar refractivity (Wildman–Crippen MR) is 125 cm³/mol. The summed E-state index contributed by atoms with van der Waals surface area (Å²) in [6.45, 7) is 10.7. The Morgan fingerprint density at radius 2 is 1.88 bits per heavy atom. The second-order valence-electron chi connectivity index (χ2n) is 11.1. The van der Waals surface area contributed by atoms with E-state index in [9.17, 15) is 9.59 Å². The molecule has 0 aromatic carbocycles. The van der Waals surface area contributed by atoms with Gasteiger partial charge in [-0.25, -0.2) is 14.2 Å². The van der Waals surface area contributed by atoms with Crippen LogP contribution in [-0.4, -0.2) is 57.4 Å². The third-order valence-electron chi connectivity index (χ3n) is 7.16. The fourth-order valence-electron chi connectivity index (χ4n) is 5.44. The number of halogens is 2. The standard InChI is InChI=1S/C24H31ClFN5O3/c1-10(2)18-16-19(15-12-8-30(9-13(12)15)23(33)34-24(3,4)5)29-31(14-7-11(14)22(32)27-6)20(16)17(26)21(25)28-18/h10-15H,7-9H2,1-6H3,(H,27,32). The molecule has 2 aromatic heterocycles. The van der Waals surface area contributed by atoms with Crippen molar-refractivity contribution < 1.29 is 18.7 Å². The molecule has 4 atom stereocenters. The number of nitrogens with one attached hydrogen (secondary N) is 1. The highest BCUT2D eigenvalue weighted by atomic mass is 35.5. The summed E-state index contributed by atoms with van der Waals surface area (Å²) in [5.74, 6) is -0.295. The zero-order chi connectivity index (χ0) is 24.7. The Morgan fingerprint density at radius 1 is 1.24 bits per heavy atom. The number of carbonyl (C=O) groups excluding carboxylic acids is 2. The normalized spacial score (nSPS) is 27.8. The number of aromatic nitrogens is 3. The number of ether oxygens (including phenoxy) is 1. The van der Waals surface area contributed by atoms with Crippen LogP contribution >= 0.6 is 11.6 Å². The molecule has 10 heteroatoms. The lowest BCUT2D eigenvalue weighted by Crippen LogP contribution is -2.36. The van der Waals surface area contributed by atoms with E-state index in [1.165, 1.54) is 0 Å². The fourth-order valence-corrected chi connectivity index (χ4v) is 5.62. The molecular weight excluding hydrogens is 461 g/mol. The summed E-state index contributed by atoms with van der Waals surface area (Å²) in [7, 11) is 1.60. The average molecular weight is 492 g/mol. The molecule has 4 unspecified atom stereocenters. The van der Waals surface area contributed by atoms with Crippen LogP contribution in [0.25, 0.3) is 10.9 Å². The molecule has 3 fully saturated rings. The van der Waals surface area contributed by atoms with Gasteiger partial charge < -0.3 is 15.0 Å². The molecule has 0 spiro atoms. The number of amides is 2. The number of rotatable bonds is 4. The van der Waals surface area contributed by atoms with Gasteiger partial charge in [-0.1, -0.05) is 25.4 Å². The second kappa shape index (κ2) is 7.80. The van der Waals surface area contributed by atoms with E-state index in [4.69, 9.17) is 21.4 Å². The Labute approximate surface area is 203 Å². The number of carbonyl (C=O) groups is 2. The summed E-state index contributed by atoms with van der Waals surface area (Å²) < 4.78 is 22.6. The summed E-state index contributed by atoms with van der Waals surface area (Å²) >= 11 is 6.20. The van der Waals surface area contributed by atoms with Crippen molar-refractivity contribution in [2.24, 2.45) is 17.8 Å². The van der Waals surface area contributed by atoms with Gasteiger partial charge in [0.25, 0.3) is 0 Å². The quantitative estimate of drug-likeness (QED) is 0.646. The maximum atomic E-state index is 15.4. The Kier molecular flexibility index (Phi) is 5.35. The summed E-state index contributed by atoms with van der Waals surface area (Å²) in [5.41, 5.74) is 1.32. The van der Waals surface area contributed by atoms with Gasteiger partial charge in [-0.3, -0.25) is 9.48 Å². The van der Waals surface area contributed by atoms with E-state index in [1.54, 1.807) is 16.6 Å². The van der Waals surface area contributed by atoms with Gasteiger partial charge in [-0.05, 0) is 44.9 Å². The van der Waals surface area contributed by atoms with Gasteiger partial charge in [0.05, 0.1) is 23.3 Å². The molecule has 5 rings (SSSR count). The summed E-state index contributed by atoms with van der Waals surface area (Å²) in [5, 5.41) is 8.11. The Balaban J connectivity index is 1.50. The molecule has 8 nitrogen and oxygen atoms in total. The van der Waals surface area contributed by atoms with Crippen molar-refractivity contribution in [1.82, 2.24) is 25.0 Å². The van der Waals surface area contributed by atoms with E-state index in [-0.39, 0.29) is 52.8 Å². The van der Waals surface area contributed by atoms with Crippen LogP contribution in [0.3, 0.4) is 0 Å². The molecular formula is C24H31ClFN5O3. The van der Waals surface area contributed by atoms with Gasteiger partial charge in [-0.2, -0.15) is 5.10 Å². The topological polar surface area (TPSA) is 89.4 Å². The molecule has 2 aromatic rings. The van der Waals surface area contributed by atoms with Crippen molar-refractivity contribution in [2.75, 3.05) is 20.1 Å². The van der Waals surface area contributed by atoms with Crippen LogP contribution in [0.5, 0.6) is 0 Å². The molecule has 1 saturated heterocycles. The number of hydrogen-bond donors (Lipinski definition) is 1. The molecule has 2 saturated carbocycles. The maximum Gasteiger partial charge on any atom is 0.410 e. The number of piperidine rings is 1. The number of likely N-dealkylation sites (tertiary alicyclic amines) is 1. The fraction of sp³-hybridized carbons (Fsp3) is 0.667. The summed E-state index contributed by atoms with van der Waals surface area (Å²) in [6, 6.07) is -0.207. The molecule has 1 N–H and O–H groups in total. The molecule has 0 bridgehead atoms. The highest BCUT2D eigenvalue weighted by Crippen LogP contribution is 2.60. The number of nitrogens with zero attached hydrogens (tertiary/aromatic N) is 4. The molecule has 3 heterocycles. The van der Waals surface area contributed by atoms with Gasteiger partial charge in [0.15, 0.2) is 11.0 Å². The second-order valence-corrected chi connectivity index (χ2v) is 11.4. The minimum atomic E-state index is -0.594. The largest absolute Gasteiger partial charge is 0.444 e. The van der Waals surface area contributed by atoms with Crippen LogP contribution in [0.4, 0.5) is 9.18 Å². The monoisotopic (exact) mass is 491 g/mol. The van der Waals surface area contributed by atoms with E-state index < -0.39 is 11.4 Å². The van der Waals surface area contributed by atoms with Crippen molar-refractivity contribution in [3.8, 4) is 0 Å². The summed E-state index contributed by atoms with van der Waals surface area (Å²) in [6.07, 6.45) is 0.304. The van der Waals surface area contributed by atoms with Crippen molar-refractivity contribution >= 4 is 34.5 Å². The number of fused-ring (bicyclic) bond motifs is 2. The average Bonchev–Trinajstić information content (AvgIpc) is 3.58. The van der Waals surface area contributed by atoms with Crippen molar-refractivity contribution in [2.45, 2.75) is 64.5 Å². The molecule has 184 valence electrons. The summed E-state index contributed by atoms with van der Waals surface area (Å²) in [4.78, 5) is 30.8. The number of pyridine rings is 1. The van der Waals surface area contributed by atoms with Crippen LogP contribution < -0.4 is 5.32 Å². The van der Waals surface area contributed by atoms with Crippen LogP contribution in [0.15, 0.2) is 0 Å². The van der Waals surface area contributed by atoms with Gasteiger partial charge in [0, 0.05) is 31.4 Å². The lowest BCUT2D eigenvalue weighted by Gasteiger charge is -2.25. The highest BCUT2D eigenvalue weighted by Gasteiger charge is 2.60. The molecule has 1 aliphatic heterocycles. The first-order valence-corrected chi connectivity index (χ1v) is 12.3. The first kappa shape index (κ1) is 23.3. The highest BCUT2D eigenvalue weighted by molar-refractivity contribution is 6.30. The number of hydrogen-bond acceptors (Lipinski definition) is 5. The van der Waals surface area contributed by atoms with Crippen molar-refractivity contribution in [3.05, 3.63) is 22.4 Å². The van der Waals surface area contributed by atoms with Crippen LogP contribution in [0.1, 0.15) is 70.3 Å². The third-order valence-corrected chi connectivity index (χ3v) is 7.41. The smallest absolute Gasteiger partial charge is 0.410 e. The Morgan fingerprint density at radius 3 is 2.44 bits per heavy atom. The first-order chi connectivity index (χ1) is 15.9. The zero-order valence-electron chi connectivity index (χ0n) is 20.4. The molecule has 3 aliphatic rings. The van der Waals surface area contributed by atoms with Crippen LogP contribution in [-0.2, 0) is 9.53 Å². The minimum Gasteiger partial charge on any atom is -0.444 e. The van der Waals surface area contributed by atoms with Gasteiger partial charge in [-0.15, -0.1) is 0 Å². The van der Waals surface area contributed by atoms with Crippen molar-refractivity contribution in [1.29, 1.82) is 0 Å². The Hall–Kier alpha value is -2.42. The minimum absolute atomic E-state index is 0.0165. The Bertz CT molecular complexity index is 1180. The van der Waals surface area contributed by atoms with E-state index in [0.29, 0.717) is 36.1 Å². The lowest BCUT2D eigenvalue weighted by atomic mass is 10.0. The maximum absolute atomic E-state index is 15.4.